The predicted octanol–water partition coefficient (Wildman–Crippen LogP) is 2.15. The smallest absolute Gasteiger partial charge is 0.255 e. The molecule has 0 radical (unpaired) electrons. The molecule has 1 saturated heterocycles. The Bertz CT molecular complexity index is 726. The van der Waals surface area contributed by atoms with Crippen LogP contribution in [0.15, 0.2) is 24.5 Å². The van der Waals surface area contributed by atoms with Crippen LogP contribution in [0.3, 0.4) is 0 Å². The van der Waals surface area contributed by atoms with Gasteiger partial charge in [0.05, 0.1) is 5.56 Å². The van der Waals surface area contributed by atoms with E-state index in [1.165, 1.54) is 0 Å². The van der Waals surface area contributed by atoms with Crippen LogP contribution in [0.25, 0.3) is 0 Å². The number of hydrogen-bond acceptors (Lipinski definition) is 5. The molecule has 0 aliphatic carbocycles. The highest BCUT2D eigenvalue weighted by molar-refractivity contribution is 5.94. The van der Waals surface area contributed by atoms with Crippen molar-refractivity contribution in [1.29, 1.82) is 0 Å². The first-order valence-corrected chi connectivity index (χ1v) is 8.31. The molecule has 0 aromatic carbocycles. The Labute approximate surface area is 142 Å². The van der Waals surface area contributed by atoms with E-state index in [-0.39, 0.29) is 5.91 Å². The summed E-state index contributed by atoms with van der Waals surface area (Å²) >= 11 is 0. The molecule has 1 fully saturated rings. The molecule has 1 amide bonds. The maximum atomic E-state index is 12.7. The zero-order valence-corrected chi connectivity index (χ0v) is 14.5. The Morgan fingerprint density at radius 3 is 2.42 bits per heavy atom. The van der Waals surface area contributed by atoms with Crippen LogP contribution in [0, 0.1) is 20.8 Å². The highest BCUT2D eigenvalue weighted by Crippen LogP contribution is 2.15. The molecule has 126 valence electrons. The van der Waals surface area contributed by atoms with Crippen LogP contribution < -0.4 is 4.90 Å². The molecule has 1 aliphatic rings. The number of carbonyl (C=O) groups excluding carboxylic acids is 1. The van der Waals surface area contributed by atoms with Crippen molar-refractivity contribution in [3.8, 4) is 0 Å². The number of nitrogens with zero attached hydrogens (tertiary/aromatic N) is 5. The second-order valence-electron chi connectivity index (χ2n) is 6.33. The molecule has 0 N–H and O–H groups in total. The summed E-state index contributed by atoms with van der Waals surface area (Å²) in [6.07, 6.45) is 4.31. The van der Waals surface area contributed by atoms with Crippen molar-refractivity contribution < 1.29 is 4.79 Å². The second kappa shape index (κ2) is 6.95. The Kier molecular flexibility index (Phi) is 4.74. The largest absolute Gasteiger partial charge is 0.339 e. The lowest BCUT2D eigenvalue weighted by Crippen LogP contribution is -2.35. The number of aryl methyl sites for hydroxylation is 3. The molecule has 3 rings (SSSR count). The number of hydrogen-bond donors (Lipinski definition) is 0. The third-order valence-electron chi connectivity index (χ3n) is 4.16. The van der Waals surface area contributed by atoms with Gasteiger partial charge in [0.25, 0.3) is 5.91 Å². The fourth-order valence-electron chi connectivity index (χ4n) is 3.02. The van der Waals surface area contributed by atoms with Gasteiger partial charge in [0, 0.05) is 50.0 Å². The highest BCUT2D eigenvalue weighted by Gasteiger charge is 2.22. The molecule has 2 aromatic heterocycles. The Morgan fingerprint density at radius 2 is 1.71 bits per heavy atom. The summed E-state index contributed by atoms with van der Waals surface area (Å²) in [6, 6.07) is 3.87. The normalized spacial score (nSPS) is 15.3. The third kappa shape index (κ3) is 3.69. The van der Waals surface area contributed by atoms with Gasteiger partial charge in [0.1, 0.15) is 0 Å². The van der Waals surface area contributed by atoms with Gasteiger partial charge in [-0.05, 0) is 44.9 Å². The molecule has 0 spiro atoms. The maximum absolute atomic E-state index is 12.7. The number of amides is 1. The Balaban J connectivity index is 1.72. The molecular formula is C18H23N5O. The van der Waals surface area contributed by atoms with Gasteiger partial charge in [-0.1, -0.05) is 0 Å². The number of aromatic nitrogens is 3. The van der Waals surface area contributed by atoms with E-state index in [0.717, 1.165) is 49.0 Å². The predicted molar refractivity (Wildman–Crippen MR) is 93.2 cm³/mol. The van der Waals surface area contributed by atoms with Crippen LogP contribution in [0.2, 0.25) is 0 Å². The summed E-state index contributed by atoms with van der Waals surface area (Å²) in [5.74, 6) is 0.813. The van der Waals surface area contributed by atoms with Gasteiger partial charge in [0.15, 0.2) is 0 Å². The number of carbonyl (C=O) groups is 1. The van der Waals surface area contributed by atoms with Crippen LogP contribution in [0.5, 0.6) is 0 Å². The maximum Gasteiger partial charge on any atom is 0.255 e. The molecule has 0 atom stereocenters. The zero-order valence-electron chi connectivity index (χ0n) is 14.5. The van der Waals surface area contributed by atoms with Crippen LogP contribution >= 0.6 is 0 Å². The van der Waals surface area contributed by atoms with Crippen LogP contribution in [-0.2, 0) is 0 Å². The standard InChI is InChI=1S/C18H23N5O/c1-13-9-16(12-19-11-13)17(24)22-5-4-6-23(8-7-22)18-20-14(2)10-15(3)21-18/h9-12H,4-8H2,1-3H3. The third-order valence-corrected chi connectivity index (χ3v) is 4.16. The van der Waals surface area contributed by atoms with Gasteiger partial charge in [-0.15, -0.1) is 0 Å². The molecule has 2 aromatic rings. The lowest BCUT2D eigenvalue weighted by atomic mass is 10.2. The van der Waals surface area contributed by atoms with Gasteiger partial charge in [-0.3, -0.25) is 9.78 Å². The van der Waals surface area contributed by atoms with E-state index in [1.54, 1.807) is 12.4 Å². The quantitative estimate of drug-likeness (QED) is 0.846. The van der Waals surface area contributed by atoms with Crippen molar-refractivity contribution in [2.24, 2.45) is 0 Å². The molecule has 0 bridgehead atoms. The van der Waals surface area contributed by atoms with E-state index in [1.807, 2.05) is 37.8 Å². The Hall–Kier alpha value is -2.50. The van der Waals surface area contributed by atoms with Gasteiger partial charge in [-0.2, -0.15) is 0 Å². The summed E-state index contributed by atoms with van der Waals surface area (Å²) in [4.78, 5) is 30.0. The molecule has 0 saturated carbocycles. The van der Waals surface area contributed by atoms with Crippen LogP contribution in [-0.4, -0.2) is 51.9 Å². The zero-order chi connectivity index (χ0) is 17.1. The monoisotopic (exact) mass is 325 g/mol. The first kappa shape index (κ1) is 16.4. The summed E-state index contributed by atoms with van der Waals surface area (Å²) < 4.78 is 0. The first-order chi connectivity index (χ1) is 11.5. The topological polar surface area (TPSA) is 62.2 Å². The fourth-order valence-corrected chi connectivity index (χ4v) is 3.02. The van der Waals surface area contributed by atoms with Gasteiger partial charge in [-0.25, -0.2) is 9.97 Å². The number of pyridine rings is 1. The molecule has 24 heavy (non-hydrogen) atoms. The second-order valence-corrected chi connectivity index (χ2v) is 6.33. The van der Waals surface area contributed by atoms with Crippen molar-refractivity contribution >= 4 is 11.9 Å². The number of anilines is 1. The minimum Gasteiger partial charge on any atom is -0.339 e. The van der Waals surface area contributed by atoms with Crippen LogP contribution in [0.4, 0.5) is 5.95 Å². The van der Waals surface area contributed by atoms with E-state index in [4.69, 9.17) is 0 Å². The van der Waals surface area contributed by atoms with E-state index in [2.05, 4.69) is 19.9 Å². The fraction of sp³-hybridized carbons (Fsp3) is 0.444. The van der Waals surface area contributed by atoms with E-state index in [0.29, 0.717) is 12.1 Å². The molecule has 0 unspecified atom stereocenters. The lowest BCUT2D eigenvalue weighted by Gasteiger charge is -2.22. The summed E-state index contributed by atoms with van der Waals surface area (Å²) in [6.45, 7) is 8.93. The minimum atomic E-state index is 0.0504. The average molecular weight is 325 g/mol. The Morgan fingerprint density at radius 1 is 0.958 bits per heavy atom. The van der Waals surface area contributed by atoms with Crippen molar-refractivity contribution in [1.82, 2.24) is 19.9 Å². The van der Waals surface area contributed by atoms with Crippen molar-refractivity contribution in [3.63, 3.8) is 0 Å². The summed E-state index contributed by atoms with van der Waals surface area (Å²) in [5, 5.41) is 0. The minimum absolute atomic E-state index is 0.0504. The van der Waals surface area contributed by atoms with E-state index < -0.39 is 0 Å². The van der Waals surface area contributed by atoms with Gasteiger partial charge < -0.3 is 9.80 Å². The van der Waals surface area contributed by atoms with Crippen molar-refractivity contribution in [3.05, 3.63) is 47.0 Å². The molecular weight excluding hydrogens is 302 g/mol. The molecule has 1 aliphatic heterocycles. The number of rotatable bonds is 2. The first-order valence-electron chi connectivity index (χ1n) is 8.31. The highest BCUT2D eigenvalue weighted by atomic mass is 16.2. The van der Waals surface area contributed by atoms with Crippen LogP contribution in [0.1, 0.15) is 33.7 Å². The molecule has 3 heterocycles. The summed E-state index contributed by atoms with van der Waals surface area (Å²) in [7, 11) is 0. The summed E-state index contributed by atoms with van der Waals surface area (Å²) in [5.41, 5.74) is 3.60. The van der Waals surface area contributed by atoms with Crippen molar-refractivity contribution in [2.45, 2.75) is 27.2 Å². The average Bonchev–Trinajstić information content (AvgIpc) is 2.79. The lowest BCUT2D eigenvalue weighted by molar-refractivity contribution is 0.0766. The SMILES string of the molecule is Cc1cncc(C(=O)N2CCCN(c3nc(C)cc(C)n3)CC2)c1. The molecule has 6 nitrogen and oxygen atoms in total. The van der Waals surface area contributed by atoms with E-state index in [9.17, 15) is 4.79 Å². The molecule has 6 heteroatoms. The van der Waals surface area contributed by atoms with Gasteiger partial charge in [0.2, 0.25) is 5.95 Å². The van der Waals surface area contributed by atoms with E-state index >= 15 is 0 Å². The van der Waals surface area contributed by atoms with Crippen molar-refractivity contribution in [2.75, 3.05) is 31.1 Å². The van der Waals surface area contributed by atoms with Gasteiger partial charge >= 0.3 is 0 Å².